The highest BCUT2D eigenvalue weighted by molar-refractivity contribution is 6.12. The third kappa shape index (κ3) is 7.85. The lowest BCUT2D eigenvalue weighted by molar-refractivity contribution is -0.137. The predicted octanol–water partition coefficient (Wildman–Crippen LogP) is 5.92. The van der Waals surface area contributed by atoms with Crippen LogP contribution in [0.1, 0.15) is 66.4 Å². The number of carbonyl (C=O) groups excluding carboxylic acids is 2. The van der Waals surface area contributed by atoms with Crippen LogP contribution in [0.5, 0.6) is 5.75 Å². The zero-order chi connectivity index (χ0) is 29.3. The normalized spacial score (nSPS) is 16.5. The number of ketones is 2. The molecule has 0 heterocycles. The summed E-state index contributed by atoms with van der Waals surface area (Å²) in [4.78, 5) is 38.1. The molecule has 0 saturated heterocycles. The van der Waals surface area contributed by atoms with Gasteiger partial charge in [-0.1, -0.05) is 67.4 Å². The Kier molecular flexibility index (Phi) is 10.0. The van der Waals surface area contributed by atoms with E-state index in [4.69, 9.17) is 4.74 Å². The molecule has 5 rings (SSSR count). The Bertz CT molecular complexity index is 1350. The number of nitrogens with one attached hydrogen (secondary N) is 2. The van der Waals surface area contributed by atoms with Gasteiger partial charge in [0.15, 0.2) is 11.6 Å². The second kappa shape index (κ2) is 14.3. The van der Waals surface area contributed by atoms with E-state index in [1.165, 1.54) is 12.8 Å². The van der Waals surface area contributed by atoms with Crippen LogP contribution in [0.25, 0.3) is 0 Å². The summed E-state index contributed by atoms with van der Waals surface area (Å²) in [6, 6.07) is 22.5. The van der Waals surface area contributed by atoms with Gasteiger partial charge in [0.1, 0.15) is 11.8 Å². The van der Waals surface area contributed by atoms with Crippen molar-refractivity contribution in [3.63, 3.8) is 0 Å². The number of aliphatic carboxylic acids is 1. The minimum atomic E-state index is -0.999. The molecule has 0 bridgehead atoms. The molecule has 3 aromatic carbocycles. The van der Waals surface area contributed by atoms with Gasteiger partial charge >= 0.3 is 5.97 Å². The van der Waals surface area contributed by atoms with Crippen LogP contribution < -0.4 is 15.4 Å². The molecule has 3 N–H and O–H groups in total. The SMILES string of the molecule is O=C(c1ccccc1)c1ccccc1N[C@@H](Cc1ccc(OCCCNC(C(=O)C2CCCC2)C2CC2)cc1)C(=O)O. The van der Waals surface area contributed by atoms with Gasteiger partial charge in [0.25, 0.3) is 0 Å². The van der Waals surface area contributed by atoms with E-state index in [0.29, 0.717) is 35.1 Å². The van der Waals surface area contributed by atoms with Crippen LogP contribution in [-0.2, 0) is 16.0 Å². The van der Waals surface area contributed by atoms with Crippen LogP contribution in [0.2, 0.25) is 0 Å². The van der Waals surface area contributed by atoms with E-state index < -0.39 is 12.0 Å². The van der Waals surface area contributed by atoms with Crippen molar-refractivity contribution in [1.82, 2.24) is 5.32 Å². The molecular formula is C35H40N2O5. The second-order valence-corrected chi connectivity index (χ2v) is 11.5. The number of anilines is 1. The van der Waals surface area contributed by atoms with Gasteiger partial charge in [-0.25, -0.2) is 4.79 Å². The minimum absolute atomic E-state index is 0.00611. The summed E-state index contributed by atoms with van der Waals surface area (Å²) in [6.45, 7) is 1.28. The van der Waals surface area contributed by atoms with Crippen molar-refractivity contribution in [2.45, 2.75) is 63.5 Å². The Morgan fingerprint density at radius 1 is 0.857 bits per heavy atom. The minimum Gasteiger partial charge on any atom is -0.494 e. The van der Waals surface area contributed by atoms with Crippen molar-refractivity contribution in [3.05, 3.63) is 95.6 Å². The highest BCUT2D eigenvalue weighted by Gasteiger charge is 2.39. The van der Waals surface area contributed by atoms with Gasteiger partial charge in [0.05, 0.1) is 12.6 Å². The third-order valence-corrected chi connectivity index (χ3v) is 8.31. The number of carbonyl (C=O) groups is 3. The van der Waals surface area contributed by atoms with E-state index in [2.05, 4.69) is 10.6 Å². The number of rotatable bonds is 16. The summed E-state index contributed by atoms with van der Waals surface area (Å²) in [7, 11) is 0. The summed E-state index contributed by atoms with van der Waals surface area (Å²) in [5, 5.41) is 16.5. The van der Waals surface area contributed by atoms with Gasteiger partial charge in [0, 0.05) is 29.2 Å². The predicted molar refractivity (Wildman–Crippen MR) is 163 cm³/mol. The quantitative estimate of drug-likeness (QED) is 0.146. The van der Waals surface area contributed by atoms with Gasteiger partial charge in [-0.2, -0.15) is 0 Å². The molecular weight excluding hydrogens is 528 g/mol. The lowest BCUT2D eigenvalue weighted by Gasteiger charge is -2.20. The fraction of sp³-hybridized carbons (Fsp3) is 0.400. The first-order valence-electron chi connectivity index (χ1n) is 15.2. The average molecular weight is 569 g/mol. The van der Waals surface area contributed by atoms with E-state index in [1.54, 1.807) is 48.5 Å². The first kappa shape index (κ1) is 29.5. The molecule has 1 unspecified atom stereocenters. The van der Waals surface area contributed by atoms with Gasteiger partial charge in [0.2, 0.25) is 0 Å². The Morgan fingerprint density at radius 2 is 1.55 bits per heavy atom. The Balaban J connectivity index is 1.10. The number of carboxylic acids is 1. The van der Waals surface area contributed by atoms with Crippen LogP contribution in [-0.4, -0.2) is 47.9 Å². The summed E-state index contributed by atoms with van der Waals surface area (Å²) in [5.74, 6) is 0.739. The van der Waals surface area contributed by atoms with Gasteiger partial charge in [-0.05, 0) is 74.4 Å². The molecule has 2 saturated carbocycles. The van der Waals surface area contributed by atoms with Crippen LogP contribution >= 0.6 is 0 Å². The maximum atomic E-state index is 13.1. The van der Waals surface area contributed by atoms with Crippen LogP contribution in [0.15, 0.2) is 78.9 Å². The standard InChI is InChI=1S/C35H40N2O5/c38-33(26-9-2-1-3-10-26)29-13-6-7-14-30(29)37-31(35(40)41)23-24-15-19-28(20-16-24)42-22-8-21-36-32(25-17-18-25)34(39)27-11-4-5-12-27/h1-3,6-7,9-10,13-16,19-20,25,27,31-32,36-37H,4-5,8,11-12,17-18,21-23H2,(H,40,41)/t31-,32?/m0/s1. The topological polar surface area (TPSA) is 105 Å². The zero-order valence-electron chi connectivity index (χ0n) is 24.0. The fourth-order valence-electron chi connectivity index (χ4n) is 5.81. The van der Waals surface area contributed by atoms with Crippen molar-refractivity contribution >= 4 is 23.2 Å². The number of hydrogen-bond donors (Lipinski definition) is 3. The van der Waals surface area contributed by atoms with Gasteiger partial charge in [-0.3, -0.25) is 9.59 Å². The Morgan fingerprint density at radius 3 is 2.24 bits per heavy atom. The van der Waals surface area contributed by atoms with Gasteiger partial charge in [-0.15, -0.1) is 0 Å². The van der Waals surface area contributed by atoms with Gasteiger partial charge < -0.3 is 20.5 Å². The third-order valence-electron chi connectivity index (χ3n) is 8.31. The second-order valence-electron chi connectivity index (χ2n) is 11.5. The molecule has 220 valence electrons. The summed E-state index contributed by atoms with van der Waals surface area (Å²) < 4.78 is 5.92. The number of ether oxygens (including phenoxy) is 1. The molecule has 7 heteroatoms. The summed E-state index contributed by atoms with van der Waals surface area (Å²) in [6.07, 6.45) is 7.79. The Labute approximate surface area is 247 Å². The van der Waals surface area contributed by atoms with E-state index >= 15 is 0 Å². The number of Topliss-reactive ketones (excluding diaryl/α,β-unsaturated/α-hetero) is 1. The lowest BCUT2D eigenvalue weighted by atomic mass is 9.94. The number of hydrogen-bond acceptors (Lipinski definition) is 6. The number of carboxylic acid groups (broad SMARTS) is 1. The van der Waals surface area contributed by atoms with Crippen LogP contribution in [0, 0.1) is 11.8 Å². The summed E-state index contributed by atoms with van der Waals surface area (Å²) in [5.41, 5.74) is 2.31. The molecule has 2 fully saturated rings. The molecule has 2 atom stereocenters. The van der Waals surface area contributed by atoms with E-state index in [-0.39, 0.29) is 24.2 Å². The molecule has 3 aromatic rings. The number of benzene rings is 3. The molecule has 7 nitrogen and oxygen atoms in total. The molecule has 0 spiro atoms. The smallest absolute Gasteiger partial charge is 0.326 e. The number of para-hydroxylation sites is 1. The van der Waals surface area contributed by atoms with Crippen molar-refractivity contribution < 1.29 is 24.2 Å². The molecule has 2 aliphatic carbocycles. The molecule has 0 aliphatic heterocycles. The Hall–Kier alpha value is -3.97. The first-order valence-corrected chi connectivity index (χ1v) is 15.2. The highest BCUT2D eigenvalue weighted by atomic mass is 16.5. The highest BCUT2D eigenvalue weighted by Crippen LogP contribution is 2.36. The average Bonchev–Trinajstić information content (AvgIpc) is 3.70. The molecule has 42 heavy (non-hydrogen) atoms. The van der Waals surface area contributed by atoms with Crippen LogP contribution in [0.3, 0.4) is 0 Å². The monoisotopic (exact) mass is 568 g/mol. The maximum absolute atomic E-state index is 13.1. The largest absolute Gasteiger partial charge is 0.494 e. The molecule has 0 amide bonds. The van der Waals surface area contributed by atoms with Crippen molar-refractivity contribution in [2.75, 3.05) is 18.5 Å². The van der Waals surface area contributed by atoms with E-state index in [9.17, 15) is 19.5 Å². The first-order chi connectivity index (χ1) is 20.5. The van der Waals surface area contributed by atoms with Crippen LogP contribution in [0.4, 0.5) is 5.69 Å². The van der Waals surface area contributed by atoms with Crippen molar-refractivity contribution in [2.24, 2.45) is 11.8 Å². The van der Waals surface area contributed by atoms with E-state index in [0.717, 1.165) is 50.0 Å². The summed E-state index contributed by atoms with van der Waals surface area (Å²) >= 11 is 0. The maximum Gasteiger partial charge on any atom is 0.326 e. The van der Waals surface area contributed by atoms with E-state index in [1.807, 2.05) is 30.3 Å². The van der Waals surface area contributed by atoms with Crippen molar-refractivity contribution in [3.8, 4) is 5.75 Å². The molecule has 2 aliphatic rings. The zero-order valence-corrected chi connectivity index (χ0v) is 24.0. The fourth-order valence-corrected chi connectivity index (χ4v) is 5.81. The molecule has 0 radical (unpaired) electrons. The van der Waals surface area contributed by atoms with Crippen molar-refractivity contribution in [1.29, 1.82) is 0 Å². The molecule has 0 aromatic heterocycles. The lowest BCUT2D eigenvalue weighted by Crippen LogP contribution is -2.42.